The normalized spacial score (nSPS) is 14.6. The summed E-state index contributed by atoms with van der Waals surface area (Å²) in [5.41, 5.74) is 7.28. The van der Waals surface area contributed by atoms with Crippen LogP contribution in [-0.4, -0.2) is 21.5 Å². The Morgan fingerprint density at radius 3 is 2.60 bits per heavy atom. The Morgan fingerprint density at radius 1 is 1.30 bits per heavy atom. The number of hydrogen-bond acceptors (Lipinski definition) is 3. The molecule has 0 atom stereocenters. The monoisotopic (exact) mass is 334 g/mol. The van der Waals surface area contributed by atoms with E-state index in [1.807, 2.05) is 0 Å². The molecule has 20 heavy (non-hydrogen) atoms. The summed E-state index contributed by atoms with van der Waals surface area (Å²) >= 11 is 3.35. The number of pyridine rings is 1. The molecule has 0 aromatic carbocycles. The Labute approximate surface area is 128 Å². The second kappa shape index (κ2) is 9.07. The van der Waals surface area contributed by atoms with Crippen LogP contribution in [0.4, 0.5) is 0 Å². The maximum atomic E-state index is 11.4. The predicted octanol–water partition coefficient (Wildman–Crippen LogP) is 2.08. The van der Waals surface area contributed by atoms with Crippen molar-refractivity contribution in [3.8, 4) is 0 Å². The van der Waals surface area contributed by atoms with Crippen LogP contribution in [0.2, 0.25) is 0 Å². The third-order valence-electron chi connectivity index (χ3n) is 2.25. The Hall–Kier alpha value is -1.91. The molecule has 107 valence electrons. The van der Waals surface area contributed by atoms with E-state index in [4.69, 9.17) is 0 Å². The summed E-state index contributed by atoms with van der Waals surface area (Å²) in [4.78, 5) is 24.8. The molecule has 5 nitrogen and oxygen atoms in total. The molecule has 0 bridgehead atoms. The average molecular weight is 335 g/mol. The van der Waals surface area contributed by atoms with Crippen molar-refractivity contribution in [2.24, 2.45) is 0 Å². The fraction of sp³-hybridized carbons (Fsp3) is 0. The Morgan fingerprint density at radius 2 is 1.95 bits per heavy atom. The van der Waals surface area contributed by atoms with E-state index in [1.54, 1.807) is 42.8 Å². The molecule has 0 spiro atoms. The summed E-state index contributed by atoms with van der Waals surface area (Å²) in [7, 11) is 4.26. The first-order valence-electron chi connectivity index (χ1n) is 5.41. The van der Waals surface area contributed by atoms with Gasteiger partial charge >= 0.3 is 24.8 Å². The van der Waals surface area contributed by atoms with Gasteiger partial charge in [0.25, 0.3) is 5.91 Å². The van der Waals surface area contributed by atoms with Crippen LogP contribution in [0.1, 0.15) is 5.56 Å². The summed E-state index contributed by atoms with van der Waals surface area (Å²) in [6, 6.07) is 3.25. The Kier molecular flexibility index (Phi) is 7.32. The number of aromatic nitrogens is 1. The molecule has 0 fully saturated rings. The molecule has 1 heterocycles. The molecule has 2 N–H and O–H groups in total. The zero-order valence-electron chi connectivity index (χ0n) is 10.1. The summed E-state index contributed by atoms with van der Waals surface area (Å²) in [5, 5.41) is 0. The quantitative estimate of drug-likeness (QED) is 0.398. The number of nitrogens with one attached hydrogen (secondary N) is 1. The number of hydrogen-bond donors (Lipinski definition) is 1. The van der Waals surface area contributed by atoms with E-state index in [9.17, 15) is 9.59 Å². The van der Waals surface area contributed by atoms with Crippen LogP contribution in [0.15, 0.2) is 60.6 Å². The van der Waals surface area contributed by atoms with Crippen LogP contribution in [0.3, 0.4) is 0 Å². The van der Waals surface area contributed by atoms with Crippen LogP contribution >= 0.6 is 10.2 Å². The average Bonchev–Trinajstić information content (AvgIpc) is 2.52. The second-order valence-corrected chi connectivity index (χ2v) is 3.48. The van der Waals surface area contributed by atoms with E-state index in [-0.39, 0.29) is 11.7 Å². The molecule has 7 heteroatoms. The zero-order chi connectivity index (χ0) is 14.8. The summed E-state index contributed by atoms with van der Waals surface area (Å²) in [5.74, 6) is -0.277. The van der Waals surface area contributed by atoms with Gasteiger partial charge in [0.2, 0.25) is 0 Å². The Balaban J connectivity index is 0.000000956. The van der Waals surface area contributed by atoms with Gasteiger partial charge in [-0.1, -0.05) is 12.2 Å². The number of carbonyl (C=O) groups excluding carboxylic acids is 2. The Bertz CT molecular complexity index is 556. The number of ketones is 1. The van der Waals surface area contributed by atoms with E-state index >= 15 is 0 Å². The third-order valence-corrected chi connectivity index (χ3v) is 2.25. The van der Waals surface area contributed by atoms with Crippen molar-refractivity contribution in [3.63, 3.8) is 0 Å². The number of halogens is 1. The van der Waals surface area contributed by atoms with Crippen LogP contribution in [0.25, 0.3) is 5.43 Å². The topological polar surface area (TPSA) is 77.5 Å². The number of allylic oxidation sites excluding steroid dienone is 5. The first-order chi connectivity index (χ1) is 9.77. The van der Waals surface area contributed by atoms with E-state index in [1.165, 1.54) is 12.3 Å². The van der Waals surface area contributed by atoms with Gasteiger partial charge in [-0.3, -0.25) is 14.6 Å². The fourth-order valence-electron chi connectivity index (χ4n) is 1.33. The van der Waals surface area contributed by atoms with Gasteiger partial charge in [0, 0.05) is 18.0 Å². The molecule has 0 radical (unpaired) electrons. The number of carbonyl (C=O) groups is 1. The molecule has 0 saturated heterocycles. The van der Waals surface area contributed by atoms with Crippen molar-refractivity contribution in [2.45, 2.75) is 0 Å². The molecule has 1 aromatic rings. The van der Waals surface area contributed by atoms with Gasteiger partial charge in [-0.05, 0) is 30.5 Å². The first kappa shape index (κ1) is 16.1. The molecule has 1 amide bonds. The standard InChI is InChI=1S/C13H11N3O2.ClH.Ni/c17-12-4-2-1-3-11(12)9-15-16-13(18)10-5-7-14-8-6-10;;/h1-9H,(H2,14,15,16,17,18);1H;/q;;+1/p-1. The van der Waals surface area contributed by atoms with Crippen molar-refractivity contribution < 1.29 is 24.2 Å². The van der Waals surface area contributed by atoms with Gasteiger partial charge in [0.1, 0.15) is 0 Å². The van der Waals surface area contributed by atoms with Crippen LogP contribution in [0, 0.1) is 0 Å². The minimum atomic E-state index is -0.169. The molecule has 1 aliphatic carbocycles. The molecular formula is C13H11ClN3NiO2. The zero-order valence-corrected chi connectivity index (χ0v) is 11.9. The van der Waals surface area contributed by atoms with Gasteiger partial charge in [-0.2, -0.15) is 0 Å². The number of nitrogens with zero attached hydrogens (tertiary/aromatic N) is 2. The third kappa shape index (κ3) is 4.99. The second-order valence-electron chi connectivity index (χ2n) is 3.48. The molecule has 0 unspecified atom stereocenters. The van der Waals surface area contributed by atoms with Gasteiger partial charge in [-0.15, -0.1) is 0 Å². The number of rotatable bonds is 3. The van der Waals surface area contributed by atoms with Crippen LogP contribution in [-0.2, 0) is 19.4 Å². The van der Waals surface area contributed by atoms with E-state index in [0.29, 0.717) is 11.1 Å². The molecular weight excluding hydrogens is 324 g/mol. The first-order valence-corrected chi connectivity index (χ1v) is 6.77. The van der Waals surface area contributed by atoms with Crippen molar-refractivity contribution in [1.82, 2.24) is 10.4 Å². The fourth-order valence-corrected chi connectivity index (χ4v) is 1.33. The summed E-state index contributed by atoms with van der Waals surface area (Å²) in [6.07, 6.45) is 11.1. The van der Waals surface area contributed by atoms with Gasteiger partial charge < -0.3 is 10.9 Å². The van der Waals surface area contributed by atoms with Gasteiger partial charge in [0.05, 0.1) is 5.56 Å². The van der Waals surface area contributed by atoms with Gasteiger partial charge in [-0.25, -0.2) is 0 Å². The SMILES string of the molecule is O=C1C=CC=CC1=CN[N-]C(=[OH+])c1ccncc1.[Cl][Ni]. The summed E-state index contributed by atoms with van der Waals surface area (Å²) < 4.78 is 0. The molecule has 0 aliphatic heterocycles. The van der Waals surface area contributed by atoms with Crippen molar-refractivity contribution in [1.29, 1.82) is 0 Å². The molecule has 1 aliphatic rings. The van der Waals surface area contributed by atoms with Crippen LogP contribution in [0.5, 0.6) is 0 Å². The molecule has 1 aromatic heterocycles. The van der Waals surface area contributed by atoms with Crippen LogP contribution < -0.4 is 5.43 Å². The minimum absolute atomic E-state index is 0.108. The van der Waals surface area contributed by atoms with Crippen molar-refractivity contribution in [3.05, 3.63) is 71.6 Å². The van der Waals surface area contributed by atoms with Crippen molar-refractivity contribution in [2.75, 3.05) is 0 Å². The van der Waals surface area contributed by atoms with Crippen molar-refractivity contribution >= 4 is 21.9 Å². The molecule has 0 saturated carbocycles. The predicted molar refractivity (Wildman–Crippen MR) is 74.0 cm³/mol. The van der Waals surface area contributed by atoms with E-state index in [0.717, 1.165) is 0 Å². The van der Waals surface area contributed by atoms with Gasteiger partial charge in [0.15, 0.2) is 5.78 Å². The number of amides is 1. The maximum absolute atomic E-state index is 11.4. The summed E-state index contributed by atoms with van der Waals surface area (Å²) in [6.45, 7) is 0. The molecule has 2 rings (SSSR count). The van der Waals surface area contributed by atoms with E-state index < -0.39 is 0 Å². The van der Waals surface area contributed by atoms with E-state index in [2.05, 4.69) is 40.6 Å².